The van der Waals surface area contributed by atoms with E-state index in [0.717, 1.165) is 22.6 Å². The lowest BCUT2D eigenvalue weighted by atomic mass is 10.1. The number of halogens is 1. The smallest absolute Gasteiger partial charge is 0.303 e. The largest absolute Gasteiger partial charge is 0.481 e. The van der Waals surface area contributed by atoms with Gasteiger partial charge < -0.3 is 9.67 Å². The van der Waals surface area contributed by atoms with Crippen LogP contribution in [0.2, 0.25) is 0 Å². The van der Waals surface area contributed by atoms with Crippen LogP contribution in [0.5, 0.6) is 0 Å². The van der Waals surface area contributed by atoms with Crippen LogP contribution in [0.15, 0.2) is 54.6 Å². The molecule has 3 rings (SSSR count). The molecule has 1 aromatic heterocycles. The van der Waals surface area contributed by atoms with Gasteiger partial charge in [0.25, 0.3) is 0 Å². The fourth-order valence-corrected chi connectivity index (χ4v) is 2.92. The molecular formula is C21H20FNO2. The molecule has 0 saturated heterocycles. The third-order valence-electron chi connectivity index (χ3n) is 4.45. The summed E-state index contributed by atoms with van der Waals surface area (Å²) in [7, 11) is 0. The molecule has 2 aromatic carbocycles. The van der Waals surface area contributed by atoms with Crippen molar-refractivity contribution in [2.24, 2.45) is 0 Å². The molecule has 0 atom stereocenters. The van der Waals surface area contributed by atoms with Gasteiger partial charge in [-0.1, -0.05) is 6.07 Å². The number of carbonyl (C=O) groups is 1. The SMILES string of the molecule is Cc1ccc(-n2c(CCC(=O)O)ccc2-c2ccc(F)cc2)cc1C. The van der Waals surface area contributed by atoms with E-state index in [1.54, 1.807) is 12.1 Å². The van der Waals surface area contributed by atoms with E-state index in [2.05, 4.69) is 30.5 Å². The number of nitrogens with zero attached hydrogens (tertiary/aromatic N) is 1. The third-order valence-corrected chi connectivity index (χ3v) is 4.45. The minimum absolute atomic E-state index is 0.0672. The molecule has 0 aliphatic carbocycles. The molecule has 3 aromatic rings. The first kappa shape index (κ1) is 17.0. The van der Waals surface area contributed by atoms with Crippen molar-refractivity contribution in [1.29, 1.82) is 0 Å². The summed E-state index contributed by atoms with van der Waals surface area (Å²) in [5.74, 6) is -1.10. The van der Waals surface area contributed by atoms with E-state index in [9.17, 15) is 9.18 Å². The molecule has 0 unspecified atom stereocenters. The first-order valence-corrected chi connectivity index (χ1v) is 8.21. The van der Waals surface area contributed by atoms with Gasteiger partial charge in [-0.15, -0.1) is 0 Å². The van der Waals surface area contributed by atoms with Gasteiger partial charge in [0.2, 0.25) is 0 Å². The Hall–Kier alpha value is -2.88. The zero-order chi connectivity index (χ0) is 18.0. The maximum atomic E-state index is 13.3. The van der Waals surface area contributed by atoms with Crippen molar-refractivity contribution in [1.82, 2.24) is 4.57 Å². The molecule has 3 nitrogen and oxygen atoms in total. The Morgan fingerprint density at radius 2 is 1.72 bits per heavy atom. The molecule has 0 fully saturated rings. The normalized spacial score (nSPS) is 10.8. The van der Waals surface area contributed by atoms with Crippen molar-refractivity contribution in [3.63, 3.8) is 0 Å². The molecule has 1 heterocycles. The molecule has 0 spiro atoms. The van der Waals surface area contributed by atoms with Crippen molar-refractivity contribution in [3.8, 4) is 16.9 Å². The summed E-state index contributed by atoms with van der Waals surface area (Å²) in [6.45, 7) is 4.11. The van der Waals surface area contributed by atoms with Crippen LogP contribution in [0.3, 0.4) is 0 Å². The molecule has 0 saturated carbocycles. The van der Waals surface area contributed by atoms with E-state index >= 15 is 0 Å². The summed E-state index contributed by atoms with van der Waals surface area (Å²) in [4.78, 5) is 11.0. The van der Waals surface area contributed by atoms with Crippen LogP contribution in [-0.2, 0) is 11.2 Å². The lowest BCUT2D eigenvalue weighted by molar-refractivity contribution is -0.136. The second kappa shape index (κ2) is 6.93. The maximum Gasteiger partial charge on any atom is 0.303 e. The molecule has 4 heteroatoms. The predicted octanol–water partition coefficient (Wildman–Crippen LogP) is 4.92. The van der Waals surface area contributed by atoms with Gasteiger partial charge in [0.05, 0.1) is 12.1 Å². The average Bonchev–Trinajstić information content (AvgIpc) is 3.00. The fourth-order valence-electron chi connectivity index (χ4n) is 2.92. The first-order valence-electron chi connectivity index (χ1n) is 8.21. The number of aliphatic carboxylic acids is 1. The number of benzene rings is 2. The van der Waals surface area contributed by atoms with Gasteiger partial charge in [-0.05, 0) is 85.5 Å². The topological polar surface area (TPSA) is 42.2 Å². The number of carboxylic acid groups (broad SMARTS) is 1. The summed E-state index contributed by atoms with van der Waals surface area (Å²) in [6, 6.07) is 16.4. The summed E-state index contributed by atoms with van der Waals surface area (Å²) < 4.78 is 15.3. The highest BCUT2D eigenvalue weighted by Gasteiger charge is 2.14. The van der Waals surface area contributed by atoms with Crippen LogP contribution in [-0.4, -0.2) is 15.6 Å². The standard InChI is InChI=1S/C21H20FNO2/c1-14-3-8-19(13-15(14)2)23-18(10-12-21(24)25)9-11-20(23)16-4-6-17(22)7-5-16/h3-9,11,13H,10,12H2,1-2H3,(H,24,25). The molecule has 25 heavy (non-hydrogen) atoms. The lowest BCUT2D eigenvalue weighted by Crippen LogP contribution is -2.06. The Balaban J connectivity index is 2.13. The van der Waals surface area contributed by atoms with Crippen LogP contribution < -0.4 is 0 Å². The number of aryl methyl sites for hydroxylation is 3. The number of carboxylic acids is 1. The van der Waals surface area contributed by atoms with E-state index in [4.69, 9.17) is 5.11 Å². The van der Waals surface area contributed by atoms with Gasteiger partial charge in [-0.3, -0.25) is 4.79 Å². The van der Waals surface area contributed by atoms with Crippen molar-refractivity contribution in [2.45, 2.75) is 26.7 Å². The van der Waals surface area contributed by atoms with E-state index in [1.807, 2.05) is 18.2 Å². The molecule has 0 aliphatic heterocycles. The van der Waals surface area contributed by atoms with Gasteiger partial charge in [0.1, 0.15) is 5.82 Å². The minimum atomic E-state index is -0.823. The van der Waals surface area contributed by atoms with Crippen molar-refractivity contribution >= 4 is 5.97 Å². The predicted molar refractivity (Wildman–Crippen MR) is 96.6 cm³/mol. The Morgan fingerprint density at radius 3 is 2.36 bits per heavy atom. The van der Waals surface area contributed by atoms with Crippen LogP contribution in [0.25, 0.3) is 16.9 Å². The molecular weight excluding hydrogens is 317 g/mol. The molecule has 0 bridgehead atoms. The summed E-state index contributed by atoms with van der Waals surface area (Å²) in [5, 5.41) is 9.02. The van der Waals surface area contributed by atoms with Crippen LogP contribution in [0.4, 0.5) is 4.39 Å². The summed E-state index contributed by atoms with van der Waals surface area (Å²) in [6.07, 6.45) is 0.501. The van der Waals surface area contributed by atoms with E-state index in [-0.39, 0.29) is 12.2 Å². The number of hydrogen-bond donors (Lipinski definition) is 1. The molecule has 128 valence electrons. The van der Waals surface area contributed by atoms with E-state index < -0.39 is 5.97 Å². The Morgan fingerprint density at radius 1 is 1.00 bits per heavy atom. The van der Waals surface area contributed by atoms with Gasteiger partial charge in [-0.25, -0.2) is 4.39 Å². The van der Waals surface area contributed by atoms with Crippen LogP contribution in [0, 0.1) is 19.7 Å². The Kier molecular flexibility index (Phi) is 4.70. The zero-order valence-corrected chi connectivity index (χ0v) is 14.3. The molecule has 1 N–H and O–H groups in total. The first-order chi connectivity index (χ1) is 12.0. The summed E-state index contributed by atoms with van der Waals surface area (Å²) in [5.41, 5.74) is 6.08. The highest BCUT2D eigenvalue weighted by atomic mass is 19.1. The lowest BCUT2D eigenvalue weighted by Gasteiger charge is -2.15. The fraction of sp³-hybridized carbons (Fsp3) is 0.190. The highest BCUT2D eigenvalue weighted by Crippen LogP contribution is 2.28. The van der Waals surface area contributed by atoms with E-state index in [1.165, 1.54) is 23.3 Å². The Labute approximate surface area is 146 Å². The van der Waals surface area contributed by atoms with E-state index in [0.29, 0.717) is 6.42 Å². The number of hydrogen-bond acceptors (Lipinski definition) is 1. The monoisotopic (exact) mass is 337 g/mol. The van der Waals surface area contributed by atoms with Crippen molar-refractivity contribution in [2.75, 3.05) is 0 Å². The zero-order valence-electron chi connectivity index (χ0n) is 14.3. The van der Waals surface area contributed by atoms with Gasteiger partial charge in [-0.2, -0.15) is 0 Å². The number of aromatic nitrogens is 1. The molecule has 0 aliphatic rings. The maximum absolute atomic E-state index is 13.3. The van der Waals surface area contributed by atoms with Gasteiger partial charge in [0, 0.05) is 11.4 Å². The number of rotatable bonds is 5. The van der Waals surface area contributed by atoms with Crippen LogP contribution >= 0.6 is 0 Å². The molecule has 0 amide bonds. The Bertz CT molecular complexity index is 910. The average molecular weight is 337 g/mol. The molecule has 0 radical (unpaired) electrons. The van der Waals surface area contributed by atoms with Crippen LogP contribution in [0.1, 0.15) is 23.2 Å². The highest BCUT2D eigenvalue weighted by molar-refractivity contribution is 5.68. The van der Waals surface area contributed by atoms with Crippen molar-refractivity contribution in [3.05, 3.63) is 77.2 Å². The third kappa shape index (κ3) is 3.63. The van der Waals surface area contributed by atoms with Gasteiger partial charge >= 0.3 is 5.97 Å². The van der Waals surface area contributed by atoms with Crippen molar-refractivity contribution < 1.29 is 14.3 Å². The second-order valence-electron chi connectivity index (χ2n) is 6.21. The second-order valence-corrected chi connectivity index (χ2v) is 6.21. The van der Waals surface area contributed by atoms with Gasteiger partial charge in [0.15, 0.2) is 0 Å². The summed E-state index contributed by atoms with van der Waals surface area (Å²) >= 11 is 0. The quantitative estimate of drug-likeness (QED) is 0.718. The minimum Gasteiger partial charge on any atom is -0.481 e.